The third-order valence-electron chi connectivity index (χ3n) is 4.46. The molecule has 0 spiro atoms. The van der Waals surface area contributed by atoms with Crippen LogP contribution < -0.4 is 0 Å². The normalized spacial score (nSPS) is 16.4. The van der Waals surface area contributed by atoms with Crippen LogP contribution in [0.15, 0.2) is 53.1 Å². The first-order valence-electron chi connectivity index (χ1n) is 10.9. The molecule has 3 aromatic heterocycles. The molecule has 0 atom stereocenters. The summed E-state index contributed by atoms with van der Waals surface area (Å²) in [6, 6.07) is 13.1. The zero-order valence-corrected chi connectivity index (χ0v) is 14.2. The van der Waals surface area contributed by atoms with Crippen LogP contribution in [0.1, 0.15) is 24.2 Å². The van der Waals surface area contributed by atoms with Gasteiger partial charge in [-0.1, -0.05) is 12.1 Å². The number of hydrogen-bond acceptors (Lipinski definition) is 3. The number of pyridine rings is 1. The molecule has 0 saturated heterocycles. The maximum atomic E-state index is 7.83. The molecule has 0 aliphatic heterocycles. The molecule has 5 rings (SSSR count). The molecule has 0 N–H and O–H groups in total. The Morgan fingerprint density at radius 2 is 1.96 bits per heavy atom. The Balaban J connectivity index is 1.81. The summed E-state index contributed by atoms with van der Waals surface area (Å²) in [6.45, 7) is -3.08. The molecule has 122 valence electrons. The summed E-state index contributed by atoms with van der Waals surface area (Å²) in [4.78, 5) is 5.51. The topological polar surface area (TPSA) is 26.0 Å². The first-order valence-corrected chi connectivity index (χ1v) is 8.71. The highest BCUT2D eigenvalue weighted by atomic mass is 32.1. The van der Waals surface area contributed by atoms with Gasteiger partial charge in [-0.05, 0) is 62.1 Å². The van der Waals surface area contributed by atoms with Crippen molar-refractivity contribution in [2.24, 2.45) is 0 Å². The van der Waals surface area contributed by atoms with Crippen molar-refractivity contribution in [3.05, 3.63) is 64.7 Å². The molecule has 25 heavy (non-hydrogen) atoms. The predicted molar refractivity (Wildman–Crippen MR) is 107 cm³/mol. The SMILES string of the molecule is [2H]C([2H])([2H])c1cnc(-c2cccc3c2oc2ccc4sc(C)cc4c23)cc1C([2H])([2H])[2H]. The molecule has 0 aliphatic rings. The number of furan rings is 1. The van der Waals surface area contributed by atoms with Crippen molar-refractivity contribution in [3.63, 3.8) is 0 Å². The van der Waals surface area contributed by atoms with E-state index >= 15 is 0 Å². The Bertz CT molecular complexity index is 1480. The van der Waals surface area contributed by atoms with Crippen LogP contribution in [-0.4, -0.2) is 4.98 Å². The Morgan fingerprint density at radius 3 is 2.84 bits per heavy atom. The average molecular weight is 349 g/mol. The van der Waals surface area contributed by atoms with E-state index in [1.165, 1.54) is 15.6 Å². The van der Waals surface area contributed by atoms with Gasteiger partial charge in [0.15, 0.2) is 0 Å². The second-order valence-electron chi connectivity index (χ2n) is 6.11. The van der Waals surface area contributed by atoms with Gasteiger partial charge >= 0.3 is 0 Å². The van der Waals surface area contributed by atoms with Crippen molar-refractivity contribution in [1.82, 2.24) is 4.98 Å². The molecular weight excluding hydrogens is 326 g/mol. The van der Waals surface area contributed by atoms with Gasteiger partial charge in [-0.25, -0.2) is 0 Å². The van der Waals surface area contributed by atoms with Crippen molar-refractivity contribution in [2.75, 3.05) is 0 Å². The smallest absolute Gasteiger partial charge is 0.144 e. The standard InChI is InChI=1S/C22H17NOS/c1-12-9-18(23-11-13(12)2)15-5-4-6-16-21-17-10-14(3)25-20(17)8-7-19(21)24-22(15)16/h4-11H,1-3H3/i1D3,2D3. The number of rotatable bonds is 1. The van der Waals surface area contributed by atoms with E-state index in [0.717, 1.165) is 27.9 Å². The lowest BCUT2D eigenvalue weighted by atomic mass is 10.0. The van der Waals surface area contributed by atoms with Crippen LogP contribution in [0.4, 0.5) is 0 Å². The molecule has 2 aromatic carbocycles. The van der Waals surface area contributed by atoms with Crippen LogP contribution in [0, 0.1) is 20.6 Å². The van der Waals surface area contributed by atoms with E-state index in [-0.39, 0.29) is 11.1 Å². The molecule has 0 amide bonds. The number of aryl methyl sites for hydroxylation is 3. The number of benzene rings is 2. The molecule has 0 radical (unpaired) electrons. The number of nitrogens with zero attached hydrogens (tertiary/aromatic N) is 1. The van der Waals surface area contributed by atoms with Gasteiger partial charge < -0.3 is 4.42 Å². The van der Waals surface area contributed by atoms with Crippen LogP contribution in [0.25, 0.3) is 43.3 Å². The molecular formula is C22H17NOS. The maximum Gasteiger partial charge on any atom is 0.144 e. The molecule has 5 aromatic rings. The minimum atomic E-state index is -2.58. The van der Waals surface area contributed by atoms with E-state index < -0.39 is 13.7 Å². The molecule has 0 fully saturated rings. The molecule has 3 heterocycles. The highest BCUT2D eigenvalue weighted by molar-refractivity contribution is 7.19. The fourth-order valence-electron chi connectivity index (χ4n) is 3.34. The molecule has 3 heteroatoms. The number of hydrogen-bond donors (Lipinski definition) is 0. The van der Waals surface area contributed by atoms with Gasteiger partial charge in [0.25, 0.3) is 0 Å². The number of aromatic nitrogens is 1. The first kappa shape index (κ1) is 9.73. The molecule has 0 saturated carbocycles. The summed E-state index contributed by atoms with van der Waals surface area (Å²) in [7, 11) is 0. The lowest BCUT2D eigenvalue weighted by Crippen LogP contribution is -1.88. The predicted octanol–water partition coefficient (Wildman–Crippen LogP) is 6.79. The number of thiophene rings is 1. The quantitative estimate of drug-likeness (QED) is 0.333. The Labute approximate surface area is 158 Å². The van der Waals surface area contributed by atoms with Crippen LogP contribution >= 0.6 is 11.3 Å². The zero-order valence-electron chi connectivity index (χ0n) is 19.4. The molecule has 2 nitrogen and oxygen atoms in total. The summed E-state index contributed by atoms with van der Waals surface area (Å²) >= 11 is 1.72. The number of fused-ring (bicyclic) bond motifs is 5. The van der Waals surface area contributed by atoms with Crippen LogP contribution in [-0.2, 0) is 0 Å². The molecule has 0 unspecified atom stereocenters. The highest BCUT2D eigenvalue weighted by Gasteiger charge is 2.16. The lowest BCUT2D eigenvalue weighted by molar-refractivity contribution is 0.670. The Morgan fingerprint density at radius 1 is 1.04 bits per heavy atom. The second kappa shape index (κ2) is 5.17. The Kier molecular flexibility index (Phi) is 2.01. The summed E-state index contributed by atoms with van der Waals surface area (Å²) in [6.07, 6.45) is 1.14. The van der Waals surface area contributed by atoms with Crippen molar-refractivity contribution in [2.45, 2.75) is 20.6 Å². The third-order valence-corrected chi connectivity index (χ3v) is 5.48. The van der Waals surface area contributed by atoms with Gasteiger partial charge in [-0.2, -0.15) is 0 Å². The van der Waals surface area contributed by atoms with Crippen molar-refractivity contribution < 1.29 is 12.6 Å². The highest BCUT2D eigenvalue weighted by Crippen LogP contribution is 2.40. The van der Waals surface area contributed by atoms with Gasteiger partial charge in [0.2, 0.25) is 0 Å². The Hall–Kier alpha value is -2.65. The van der Waals surface area contributed by atoms with E-state index in [1.54, 1.807) is 17.4 Å². The van der Waals surface area contributed by atoms with E-state index in [1.807, 2.05) is 24.3 Å². The summed E-state index contributed by atoms with van der Waals surface area (Å²) in [5.41, 5.74) is 1.84. The van der Waals surface area contributed by atoms with Gasteiger partial charge in [0.05, 0.1) is 5.69 Å². The van der Waals surface area contributed by atoms with E-state index in [4.69, 9.17) is 12.6 Å². The lowest BCUT2D eigenvalue weighted by Gasteiger charge is -2.05. The van der Waals surface area contributed by atoms with E-state index in [0.29, 0.717) is 16.8 Å². The number of para-hydroxylation sites is 1. The third kappa shape index (κ3) is 2.12. The summed E-state index contributed by atoms with van der Waals surface area (Å²) < 4.78 is 53.9. The van der Waals surface area contributed by atoms with Crippen molar-refractivity contribution >= 4 is 43.4 Å². The summed E-state index contributed by atoms with van der Waals surface area (Å²) in [5.74, 6) is 0. The minimum absolute atomic E-state index is 0.221. The van der Waals surface area contributed by atoms with Gasteiger partial charge in [-0.3, -0.25) is 4.98 Å². The summed E-state index contributed by atoms with van der Waals surface area (Å²) in [5, 5.41) is 3.03. The largest absolute Gasteiger partial charge is 0.455 e. The van der Waals surface area contributed by atoms with Crippen LogP contribution in [0.2, 0.25) is 0 Å². The minimum Gasteiger partial charge on any atom is -0.455 e. The van der Waals surface area contributed by atoms with Crippen molar-refractivity contribution in [3.8, 4) is 11.3 Å². The maximum absolute atomic E-state index is 7.83. The van der Waals surface area contributed by atoms with E-state index in [9.17, 15) is 0 Å². The van der Waals surface area contributed by atoms with Crippen molar-refractivity contribution in [1.29, 1.82) is 0 Å². The van der Waals surface area contributed by atoms with Crippen LogP contribution in [0.3, 0.4) is 0 Å². The van der Waals surface area contributed by atoms with Gasteiger partial charge in [0, 0.05) is 45.7 Å². The zero-order chi connectivity index (χ0) is 22.1. The van der Waals surface area contributed by atoms with Gasteiger partial charge in [-0.15, -0.1) is 11.3 Å². The second-order valence-corrected chi connectivity index (χ2v) is 7.39. The fraction of sp³-hybridized carbons (Fsp3) is 0.136. The average Bonchev–Trinajstić information content (AvgIpc) is 3.25. The van der Waals surface area contributed by atoms with Gasteiger partial charge in [0.1, 0.15) is 11.2 Å². The fourth-order valence-corrected chi connectivity index (χ4v) is 4.27. The monoisotopic (exact) mass is 349 g/mol. The van der Waals surface area contributed by atoms with E-state index in [2.05, 4.69) is 18.0 Å². The molecule has 0 aliphatic carbocycles. The van der Waals surface area contributed by atoms with Crippen LogP contribution in [0.5, 0.6) is 0 Å². The molecule has 0 bridgehead atoms. The first-order chi connectivity index (χ1) is 14.5.